The van der Waals surface area contributed by atoms with Crippen LogP contribution in [-0.2, 0) is 4.79 Å². The summed E-state index contributed by atoms with van der Waals surface area (Å²) in [6, 6.07) is 7.78. The monoisotopic (exact) mass is 341 g/mol. The van der Waals surface area contributed by atoms with E-state index in [1.54, 1.807) is 0 Å². The number of nitrogens with one attached hydrogen (secondary N) is 1. The average molecular weight is 341 g/mol. The van der Waals surface area contributed by atoms with Crippen molar-refractivity contribution in [1.29, 1.82) is 0 Å². The molecule has 0 aliphatic heterocycles. The third-order valence-corrected chi connectivity index (χ3v) is 4.96. The second-order valence-corrected chi connectivity index (χ2v) is 7.04. The number of hydrogen-bond donors (Lipinski definition) is 1. The predicted molar refractivity (Wildman–Crippen MR) is 99.0 cm³/mol. The Labute approximate surface area is 149 Å². The zero-order valence-corrected chi connectivity index (χ0v) is 15.3. The summed E-state index contributed by atoms with van der Waals surface area (Å²) in [5.41, 5.74) is 3.87. The van der Waals surface area contributed by atoms with Gasteiger partial charge in [0.2, 0.25) is 0 Å². The van der Waals surface area contributed by atoms with E-state index in [4.69, 9.17) is 4.74 Å². The van der Waals surface area contributed by atoms with Gasteiger partial charge in [-0.05, 0) is 51.7 Å². The molecule has 1 heterocycles. The number of anilines is 1. The molecule has 1 saturated carbocycles. The van der Waals surface area contributed by atoms with Crippen LogP contribution in [-0.4, -0.2) is 29.3 Å². The largest absolute Gasteiger partial charge is 0.484 e. The fourth-order valence-electron chi connectivity index (χ4n) is 3.57. The molecule has 3 rings (SSSR count). The Balaban J connectivity index is 1.73. The molecule has 1 fully saturated rings. The fraction of sp³-hybridized carbons (Fsp3) is 0.500. The molecule has 0 atom stereocenters. The van der Waals surface area contributed by atoms with E-state index >= 15 is 0 Å². The summed E-state index contributed by atoms with van der Waals surface area (Å²) in [5, 5.41) is 7.25. The maximum atomic E-state index is 12.9. The standard InChI is InChI=1S/C20H27N3O2/c1-14-8-10-18(11-9-14)25-13-19(24)23(12-17-6-4-5-7-17)20-15(2)21-22-16(20)3/h8-11,17H,4-7,12-13H2,1-3H3,(H,21,22). The lowest BCUT2D eigenvalue weighted by Gasteiger charge is -2.26. The molecule has 1 aliphatic rings. The highest BCUT2D eigenvalue weighted by Gasteiger charge is 2.26. The Morgan fingerprint density at radius 2 is 1.88 bits per heavy atom. The molecule has 25 heavy (non-hydrogen) atoms. The number of carbonyl (C=O) groups is 1. The van der Waals surface area contributed by atoms with E-state index in [-0.39, 0.29) is 12.5 Å². The minimum atomic E-state index is -0.0138. The molecule has 1 aromatic carbocycles. The molecule has 1 amide bonds. The van der Waals surface area contributed by atoms with Gasteiger partial charge in [0, 0.05) is 6.54 Å². The number of nitrogens with zero attached hydrogens (tertiary/aromatic N) is 2. The van der Waals surface area contributed by atoms with E-state index in [2.05, 4.69) is 10.2 Å². The van der Waals surface area contributed by atoms with Crippen molar-refractivity contribution < 1.29 is 9.53 Å². The molecule has 2 aromatic rings. The normalized spacial score (nSPS) is 14.7. The van der Waals surface area contributed by atoms with Crippen molar-refractivity contribution in [2.24, 2.45) is 5.92 Å². The van der Waals surface area contributed by atoms with Crippen LogP contribution in [0.5, 0.6) is 5.75 Å². The van der Waals surface area contributed by atoms with Gasteiger partial charge in [-0.3, -0.25) is 9.89 Å². The minimum absolute atomic E-state index is 0.0138. The van der Waals surface area contributed by atoms with Crippen LogP contribution in [0.4, 0.5) is 5.69 Å². The Morgan fingerprint density at radius 3 is 2.48 bits per heavy atom. The second-order valence-electron chi connectivity index (χ2n) is 7.04. The number of hydrogen-bond acceptors (Lipinski definition) is 3. The highest BCUT2D eigenvalue weighted by Crippen LogP contribution is 2.30. The Kier molecular flexibility index (Phi) is 5.41. The number of amides is 1. The molecule has 0 unspecified atom stereocenters. The van der Waals surface area contributed by atoms with Crippen molar-refractivity contribution in [2.45, 2.75) is 46.5 Å². The van der Waals surface area contributed by atoms with Crippen molar-refractivity contribution in [1.82, 2.24) is 10.2 Å². The first-order chi connectivity index (χ1) is 12.0. The predicted octanol–water partition coefficient (Wildman–Crippen LogP) is 3.94. The molecular formula is C20H27N3O2. The topological polar surface area (TPSA) is 58.2 Å². The quantitative estimate of drug-likeness (QED) is 0.866. The van der Waals surface area contributed by atoms with Crippen LogP contribution in [0.25, 0.3) is 0 Å². The van der Waals surface area contributed by atoms with Gasteiger partial charge >= 0.3 is 0 Å². The van der Waals surface area contributed by atoms with Crippen molar-refractivity contribution >= 4 is 11.6 Å². The molecule has 134 valence electrons. The fourth-order valence-corrected chi connectivity index (χ4v) is 3.57. The number of aromatic amines is 1. The molecule has 0 saturated heterocycles. The molecule has 0 bridgehead atoms. The van der Waals surface area contributed by atoms with Crippen LogP contribution in [0, 0.1) is 26.7 Å². The average Bonchev–Trinajstić information content (AvgIpc) is 3.22. The first-order valence-electron chi connectivity index (χ1n) is 9.06. The molecule has 1 N–H and O–H groups in total. The van der Waals surface area contributed by atoms with Crippen LogP contribution in [0.3, 0.4) is 0 Å². The zero-order chi connectivity index (χ0) is 17.8. The van der Waals surface area contributed by atoms with Crippen molar-refractivity contribution in [3.63, 3.8) is 0 Å². The molecule has 5 nitrogen and oxygen atoms in total. The number of rotatable bonds is 6. The first-order valence-corrected chi connectivity index (χ1v) is 9.06. The first kappa shape index (κ1) is 17.5. The molecule has 0 radical (unpaired) electrons. The summed E-state index contributed by atoms with van der Waals surface area (Å²) in [6.45, 7) is 6.72. The third-order valence-electron chi connectivity index (χ3n) is 4.96. The van der Waals surface area contributed by atoms with E-state index in [0.717, 1.165) is 29.4 Å². The minimum Gasteiger partial charge on any atom is -0.484 e. The van der Waals surface area contributed by atoms with Crippen LogP contribution in [0.15, 0.2) is 24.3 Å². The van der Waals surface area contributed by atoms with E-state index < -0.39 is 0 Å². The van der Waals surface area contributed by atoms with Gasteiger partial charge in [-0.2, -0.15) is 5.10 Å². The van der Waals surface area contributed by atoms with E-state index in [1.165, 1.54) is 31.2 Å². The molecule has 5 heteroatoms. The summed E-state index contributed by atoms with van der Waals surface area (Å²) in [4.78, 5) is 14.8. The van der Waals surface area contributed by atoms with Crippen molar-refractivity contribution in [3.8, 4) is 5.75 Å². The lowest BCUT2D eigenvalue weighted by molar-refractivity contribution is -0.120. The van der Waals surface area contributed by atoms with Crippen molar-refractivity contribution in [3.05, 3.63) is 41.2 Å². The summed E-state index contributed by atoms with van der Waals surface area (Å²) in [6.07, 6.45) is 4.91. The third kappa shape index (κ3) is 4.21. The number of benzene rings is 1. The lowest BCUT2D eigenvalue weighted by atomic mass is 10.1. The van der Waals surface area contributed by atoms with E-state index in [1.807, 2.05) is 49.9 Å². The number of aromatic nitrogens is 2. The van der Waals surface area contributed by atoms with Crippen LogP contribution >= 0.6 is 0 Å². The maximum Gasteiger partial charge on any atom is 0.265 e. The van der Waals surface area contributed by atoms with Gasteiger partial charge in [-0.1, -0.05) is 30.5 Å². The molecular weight excluding hydrogens is 314 g/mol. The second kappa shape index (κ2) is 7.72. The van der Waals surface area contributed by atoms with Gasteiger partial charge in [0.15, 0.2) is 6.61 Å². The summed E-state index contributed by atoms with van der Waals surface area (Å²) in [7, 11) is 0. The summed E-state index contributed by atoms with van der Waals surface area (Å²) in [5.74, 6) is 1.28. The zero-order valence-electron chi connectivity index (χ0n) is 15.3. The van der Waals surface area contributed by atoms with Gasteiger partial charge in [-0.15, -0.1) is 0 Å². The number of H-pyrrole nitrogens is 1. The van der Waals surface area contributed by atoms with Gasteiger partial charge < -0.3 is 9.64 Å². The Bertz CT molecular complexity index is 696. The summed E-state index contributed by atoms with van der Waals surface area (Å²) >= 11 is 0. The highest BCUT2D eigenvalue weighted by atomic mass is 16.5. The van der Waals surface area contributed by atoms with Crippen molar-refractivity contribution in [2.75, 3.05) is 18.1 Å². The van der Waals surface area contributed by atoms with E-state index in [0.29, 0.717) is 5.92 Å². The lowest BCUT2D eigenvalue weighted by Crippen LogP contribution is -2.38. The van der Waals surface area contributed by atoms with Crippen LogP contribution in [0.2, 0.25) is 0 Å². The molecule has 0 spiro atoms. The highest BCUT2D eigenvalue weighted by molar-refractivity contribution is 5.95. The Morgan fingerprint density at radius 1 is 1.20 bits per heavy atom. The maximum absolute atomic E-state index is 12.9. The number of carbonyl (C=O) groups excluding carboxylic acids is 1. The number of aryl methyl sites for hydroxylation is 3. The molecule has 1 aromatic heterocycles. The van der Waals surface area contributed by atoms with Gasteiger partial charge in [0.25, 0.3) is 5.91 Å². The van der Waals surface area contributed by atoms with Gasteiger partial charge in [0.1, 0.15) is 5.75 Å². The van der Waals surface area contributed by atoms with Crippen LogP contribution in [0.1, 0.15) is 42.6 Å². The van der Waals surface area contributed by atoms with Crippen LogP contribution < -0.4 is 9.64 Å². The van der Waals surface area contributed by atoms with Gasteiger partial charge in [0.05, 0.1) is 17.1 Å². The smallest absolute Gasteiger partial charge is 0.265 e. The summed E-state index contributed by atoms with van der Waals surface area (Å²) < 4.78 is 5.72. The Hall–Kier alpha value is -2.30. The number of ether oxygens (including phenoxy) is 1. The van der Waals surface area contributed by atoms with Gasteiger partial charge in [-0.25, -0.2) is 0 Å². The van der Waals surface area contributed by atoms with E-state index in [9.17, 15) is 4.79 Å². The molecule has 1 aliphatic carbocycles. The SMILES string of the molecule is Cc1ccc(OCC(=O)N(CC2CCCC2)c2c(C)n[nH]c2C)cc1.